The monoisotopic (exact) mass is 817 g/mol. The second-order valence-corrected chi connectivity index (χ2v) is 17.0. The van der Waals surface area contributed by atoms with Crippen LogP contribution in [0, 0.1) is 13.8 Å². The quantitative estimate of drug-likeness (QED) is 0.0535. The minimum Gasteiger partial charge on any atom is -0.225 e. The lowest BCUT2D eigenvalue weighted by molar-refractivity contribution is 0.605. The summed E-state index contributed by atoms with van der Waals surface area (Å²) in [5, 5.41) is 0. The summed E-state index contributed by atoms with van der Waals surface area (Å²) in [6.45, 7) is 9.00. The Morgan fingerprint density at radius 2 is 0.806 bits per heavy atom. The van der Waals surface area contributed by atoms with E-state index in [0.29, 0.717) is 11.6 Å². The first kappa shape index (κ1) is 44.1. The van der Waals surface area contributed by atoms with E-state index >= 15 is 0 Å². The van der Waals surface area contributed by atoms with Crippen molar-refractivity contribution in [3.05, 3.63) is 167 Å². The Bertz CT molecular complexity index is 2430. The third kappa shape index (κ3) is 12.3. The average molecular weight is 817 g/mol. The van der Waals surface area contributed by atoms with Gasteiger partial charge in [-0.25, -0.2) is 19.9 Å². The third-order valence-electron chi connectivity index (χ3n) is 12.0. The molecule has 0 amide bonds. The first-order valence-corrected chi connectivity index (χ1v) is 23.3. The van der Waals surface area contributed by atoms with Crippen LogP contribution in [-0.2, 0) is 12.8 Å². The standard InChI is InChI=1S/C58H64N4/c1-5-7-9-11-13-17-27-50-40-52(51(39-44(50)4)28-18-14-12-10-8-6-2)56-42-55(49-37-35-46(36-38-49)34-33-45-31-29-43(3)30-32-45)61-58(62-56)57-59-53(47-23-19-15-20-24-47)41-54(60-57)48-25-21-16-22-26-48/h15-16,19-26,29-42H,5-14,17-18,27-28H2,1-4H3/b34-33+. The topological polar surface area (TPSA) is 51.6 Å². The van der Waals surface area contributed by atoms with Crippen LogP contribution in [0.1, 0.15) is 124 Å². The molecule has 0 saturated heterocycles. The van der Waals surface area contributed by atoms with E-state index in [1.54, 1.807) is 0 Å². The van der Waals surface area contributed by atoms with Crippen molar-refractivity contribution in [1.82, 2.24) is 19.9 Å². The highest BCUT2D eigenvalue weighted by Crippen LogP contribution is 2.34. The van der Waals surface area contributed by atoms with E-state index in [-0.39, 0.29) is 0 Å². The number of nitrogens with zero attached hydrogens (tertiary/aromatic N) is 4. The molecule has 2 aromatic heterocycles. The van der Waals surface area contributed by atoms with E-state index in [2.05, 4.69) is 161 Å². The van der Waals surface area contributed by atoms with Crippen LogP contribution in [0.4, 0.5) is 0 Å². The van der Waals surface area contributed by atoms with Crippen LogP contribution in [0.25, 0.3) is 68.8 Å². The predicted molar refractivity (Wildman–Crippen MR) is 264 cm³/mol. The largest absolute Gasteiger partial charge is 0.225 e. The molecule has 0 aliphatic heterocycles. The fourth-order valence-corrected chi connectivity index (χ4v) is 8.25. The summed E-state index contributed by atoms with van der Waals surface area (Å²) in [7, 11) is 0. The van der Waals surface area contributed by atoms with Gasteiger partial charge in [0, 0.05) is 22.3 Å². The van der Waals surface area contributed by atoms with Crippen molar-refractivity contribution in [2.75, 3.05) is 0 Å². The minimum atomic E-state index is 0.517. The van der Waals surface area contributed by atoms with E-state index in [4.69, 9.17) is 19.9 Å². The van der Waals surface area contributed by atoms with Gasteiger partial charge in [-0.3, -0.25) is 0 Å². The molecule has 4 heteroatoms. The first-order chi connectivity index (χ1) is 30.5. The maximum atomic E-state index is 5.44. The Hall–Kier alpha value is -6.00. The zero-order valence-corrected chi connectivity index (χ0v) is 37.5. The number of aryl methyl sites for hydroxylation is 4. The molecule has 0 saturated carbocycles. The number of benzene rings is 5. The lowest BCUT2D eigenvalue weighted by atomic mass is 9.91. The second-order valence-electron chi connectivity index (χ2n) is 17.0. The Morgan fingerprint density at radius 1 is 0.387 bits per heavy atom. The molecule has 0 aliphatic carbocycles. The lowest BCUT2D eigenvalue weighted by Gasteiger charge is -2.17. The molecule has 0 N–H and O–H groups in total. The van der Waals surface area contributed by atoms with Gasteiger partial charge in [-0.15, -0.1) is 0 Å². The zero-order chi connectivity index (χ0) is 42.9. The van der Waals surface area contributed by atoms with Gasteiger partial charge in [0.25, 0.3) is 0 Å². The van der Waals surface area contributed by atoms with Gasteiger partial charge in [0.05, 0.1) is 22.8 Å². The van der Waals surface area contributed by atoms with Crippen molar-refractivity contribution in [3.63, 3.8) is 0 Å². The van der Waals surface area contributed by atoms with Crippen molar-refractivity contribution in [1.29, 1.82) is 0 Å². The van der Waals surface area contributed by atoms with Gasteiger partial charge in [0.2, 0.25) is 0 Å². The number of hydrogen-bond donors (Lipinski definition) is 0. The number of hydrogen-bond acceptors (Lipinski definition) is 4. The van der Waals surface area contributed by atoms with Crippen molar-refractivity contribution >= 4 is 12.2 Å². The minimum absolute atomic E-state index is 0.517. The van der Waals surface area contributed by atoms with Crippen LogP contribution in [0.15, 0.2) is 133 Å². The molecular weight excluding hydrogens is 753 g/mol. The Kier molecular flexibility index (Phi) is 16.2. The van der Waals surface area contributed by atoms with Crippen LogP contribution in [0.2, 0.25) is 0 Å². The molecule has 4 nitrogen and oxygen atoms in total. The van der Waals surface area contributed by atoms with Crippen LogP contribution >= 0.6 is 0 Å². The van der Waals surface area contributed by atoms with Gasteiger partial charge in [-0.05, 0) is 85.5 Å². The van der Waals surface area contributed by atoms with Gasteiger partial charge < -0.3 is 0 Å². The van der Waals surface area contributed by atoms with Crippen molar-refractivity contribution in [2.24, 2.45) is 0 Å². The van der Waals surface area contributed by atoms with Crippen molar-refractivity contribution in [2.45, 2.75) is 118 Å². The van der Waals surface area contributed by atoms with E-state index in [0.717, 1.165) is 64.3 Å². The average Bonchev–Trinajstić information content (AvgIpc) is 3.32. The molecule has 7 aromatic rings. The summed E-state index contributed by atoms with van der Waals surface area (Å²) in [6.07, 6.45) is 21.7. The molecule has 0 unspecified atom stereocenters. The summed E-state index contributed by atoms with van der Waals surface area (Å²) >= 11 is 0. The summed E-state index contributed by atoms with van der Waals surface area (Å²) in [4.78, 5) is 21.2. The van der Waals surface area contributed by atoms with Crippen molar-refractivity contribution in [3.8, 4) is 56.7 Å². The molecule has 0 fully saturated rings. The summed E-state index contributed by atoms with van der Waals surface area (Å²) in [5.41, 5.74) is 15.5. The summed E-state index contributed by atoms with van der Waals surface area (Å²) < 4.78 is 0. The molecule has 5 aromatic carbocycles. The van der Waals surface area contributed by atoms with E-state index in [1.807, 2.05) is 12.1 Å². The van der Waals surface area contributed by atoms with Gasteiger partial charge in [-0.2, -0.15) is 0 Å². The summed E-state index contributed by atoms with van der Waals surface area (Å²) in [6, 6.07) is 47.2. The van der Waals surface area contributed by atoms with Crippen LogP contribution < -0.4 is 0 Å². The molecule has 7 rings (SSSR count). The molecule has 0 aliphatic rings. The van der Waals surface area contributed by atoms with Gasteiger partial charge in [-0.1, -0.05) is 211 Å². The zero-order valence-electron chi connectivity index (χ0n) is 37.5. The fourth-order valence-electron chi connectivity index (χ4n) is 8.25. The van der Waals surface area contributed by atoms with E-state index in [1.165, 1.54) is 104 Å². The van der Waals surface area contributed by atoms with Crippen molar-refractivity contribution < 1.29 is 0 Å². The normalized spacial score (nSPS) is 11.4. The number of unbranched alkanes of at least 4 members (excludes halogenated alkanes) is 10. The van der Waals surface area contributed by atoms with Crippen LogP contribution in [0.5, 0.6) is 0 Å². The molecule has 62 heavy (non-hydrogen) atoms. The van der Waals surface area contributed by atoms with Gasteiger partial charge >= 0.3 is 0 Å². The third-order valence-corrected chi connectivity index (χ3v) is 12.0. The highest BCUT2D eigenvalue weighted by molar-refractivity contribution is 5.77. The second kappa shape index (κ2) is 22.7. The molecule has 0 spiro atoms. The van der Waals surface area contributed by atoms with Crippen LogP contribution in [-0.4, -0.2) is 19.9 Å². The summed E-state index contributed by atoms with van der Waals surface area (Å²) in [5.74, 6) is 1.04. The van der Waals surface area contributed by atoms with Gasteiger partial charge in [0.15, 0.2) is 11.6 Å². The molecule has 2 heterocycles. The van der Waals surface area contributed by atoms with Crippen LogP contribution in [0.3, 0.4) is 0 Å². The van der Waals surface area contributed by atoms with E-state index < -0.39 is 0 Å². The fraction of sp³-hybridized carbons (Fsp3) is 0.310. The molecule has 0 atom stereocenters. The maximum absolute atomic E-state index is 5.44. The Balaban J connectivity index is 1.34. The predicted octanol–water partition coefficient (Wildman–Crippen LogP) is 16.2. The highest BCUT2D eigenvalue weighted by Gasteiger charge is 2.19. The SMILES string of the molecule is CCCCCCCCc1cc(-c2cc(-c3ccc(/C=C/c4ccc(C)cc4)cc3)nc(-c3nc(-c4ccccc4)cc(-c4ccccc4)n3)n2)c(CCCCCCCC)cc1C. The molecule has 0 radical (unpaired) electrons. The molecule has 0 bridgehead atoms. The maximum Gasteiger partial charge on any atom is 0.198 e. The lowest BCUT2D eigenvalue weighted by Crippen LogP contribution is -2.04. The van der Waals surface area contributed by atoms with E-state index in [9.17, 15) is 0 Å². The molecular formula is C58H64N4. The molecule has 316 valence electrons. The number of aromatic nitrogens is 4. The van der Waals surface area contributed by atoms with Gasteiger partial charge in [0.1, 0.15) is 0 Å². The highest BCUT2D eigenvalue weighted by atomic mass is 15.0. The number of rotatable bonds is 21. The smallest absolute Gasteiger partial charge is 0.198 e. The Labute approximate surface area is 371 Å². The Morgan fingerprint density at radius 3 is 1.32 bits per heavy atom. The first-order valence-electron chi connectivity index (χ1n) is 23.3.